The molecule has 3 nitrogen and oxygen atoms in total. The Morgan fingerprint density at radius 2 is 1.90 bits per heavy atom. The summed E-state index contributed by atoms with van der Waals surface area (Å²) in [7, 11) is 1.19. The number of rotatable bonds is 3. The third-order valence-corrected chi connectivity index (χ3v) is 3.47. The molecule has 0 aromatic heterocycles. The standard InChI is InChI=1S/C13H15ClF3NO2/c1-12(2,11(19)20-3)10(18)7-4-5-9(14)8(6-7)13(15,16)17/h4-6,10H,18H2,1-3H3/t10-/m0/s1. The molecule has 1 aromatic carbocycles. The van der Waals surface area contributed by atoms with Gasteiger partial charge in [-0.1, -0.05) is 17.7 Å². The van der Waals surface area contributed by atoms with Crippen molar-refractivity contribution in [2.75, 3.05) is 7.11 Å². The molecule has 1 atom stereocenters. The van der Waals surface area contributed by atoms with Crippen LogP contribution in [0.4, 0.5) is 13.2 Å². The molecule has 7 heteroatoms. The van der Waals surface area contributed by atoms with Gasteiger partial charge in [-0.2, -0.15) is 13.2 Å². The van der Waals surface area contributed by atoms with Crippen molar-refractivity contribution >= 4 is 17.6 Å². The number of hydrogen-bond donors (Lipinski definition) is 1. The van der Waals surface area contributed by atoms with Crippen LogP contribution in [0.25, 0.3) is 0 Å². The van der Waals surface area contributed by atoms with Crippen LogP contribution in [-0.2, 0) is 15.7 Å². The number of benzene rings is 1. The lowest BCUT2D eigenvalue weighted by atomic mass is 9.80. The predicted molar refractivity (Wildman–Crippen MR) is 69.2 cm³/mol. The van der Waals surface area contributed by atoms with Gasteiger partial charge in [0.15, 0.2) is 0 Å². The van der Waals surface area contributed by atoms with Gasteiger partial charge in [0.1, 0.15) is 0 Å². The van der Waals surface area contributed by atoms with Crippen LogP contribution in [0.1, 0.15) is 31.0 Å². The van der Waals surface area contributed by atoms with E-state index < -0.39 is 34.2 Å². The van der Waals surface area contributed by atoms with Gasteiger partial charge in [0.2, 0.25) is 0 Å². The molecule has 2 N–H and O–H groups in total. The second-order valence-corrected chi connectivity index (χ2v) is 5.34. The molecular formula is C13H15ClF3NO2. The largest absolute Gasteiger partial charge is 0.469 e. The Bertz CT molecular complexity index is 515. The van der Waals surface area contributed by atoms with Gasteiger partial charge >= 0.3 is 12.1 Å². The average Bonchev–Trinajstić information content (AvgIpc) is 2.35. The van der Waals surface area contributed by atoms with Crippen molar-refractivity contribution in [3.05, 3.63) is 34.3 Å². The zero-order valence-corrected chi connectivity index (χ0v) is 12.0. The van der Waals surface area contributed by atoms with Crippen molar-refractivity contribution in [3.8, 4) is 0 Å². The van der Waals surface area contributed by atoms with E-state index in [0.29, 0.717) is 0 Å². The molecule has 0 saturated carbocycles. The fourth-order valence-electron chi connectivity index (χ4n) is 1.76. The summed E-state index contributed by atoms with van der Waals surface area (Å²) in [4.78, 5) is 11.6. The highest BCUT2D eigenvalue weighted by molar-refractivity contribution is 6.31. The molecule has 1 rings (SSSR count). The Morgan fingerprint density at radius 3 is 2.35 bits per heavy atom. The summed E-state index contributed by atoms with van der Waals surface area (Å²) in [6, 6.07) is 2.39. The van der Waals surface area contributed by atoms with Crippen LogP contribution in [0.2, 0.25) is 5.02 Å². The minimum Gasteiger partial charge on any atom is -0.469 e. The van der Waals surface area contributed by atoms with Gasteiger partial charge in [0.05, 0.1) is 23.1 Å². The maximum atomic E-state index is 12.8. The van der Waals surface area contributed by atoms with E-state index >= 15 is 0 Å². The van der Waals surface area contributed by atoms with E-state index in [4.69, 9.17) is 17.3 Å². The molecule has 0 heterocycles. The number of carbonyl (C=O) groups excluding carboxylic acids is 1. The molecule has 0 aliphatic heterocycles. The van der Waals surface area contributed by atoms with E-state index in [1.54, 1.807) is 0 Å². The maximum Gasteiger partial charge on any atom is 0.417 e. The summed E-state index contributed by atoms with van der Waals surface area (Å²) in [5.74, 6) is -0.603. The second kappa shape index (κ2) is 5.61. The number of carbonyl (C=O) groups is 1. The van der Waals surface area contributed by atoms with Crippen LogP contribution in [0.3, 0.4) is 0 Å². The monoisotopic (exact) mass is 309 g/mol. The fraction of sp³-hybridized carbons (Fsp3) is 0.462. The van der Waals surface area contributed by atoms with Crippen LogP contribution in [0.5, 0.6) is 0 Å². The lowest BCUT2D eigenvalue weighted by Crippen LogP contribution is -2.37. The normalized spacial score (nSPS) is 14.0. The highest BCUT2D eigenvalue weighted by Crippen LogP contribution is 2.39. The smallest absolute Gasteiger partial charge is 0.417 e. The van der Waals surface area contributed by atoms with E-state index in [-0.39, 0.29) is 5.56 Å². The molecule has 0 radical (unpaired) electrons. The lowest BCUT2D eigenvalue weighted by Gasteiger charge is -2.29. The molecule has 0 saturated heterocycles. The van der Waals surface area contributed by atoms with Gasteiger partial charge in [-0.15, -0.1) is 0 Å². The zero-order valence-electron chi connectivity index (χ0n) is 11.2. The van der Waals surface area contributed by atoms with Crippen molar-refractivity contribution in [1.29, 1.82) is 0 Å². The van der Waals surface area contributed by atoms with Crippen molar-refractivity contribution in [2.45, 2.75) is 26.1 Å². The molecular weight excluding hydrogens is 295 g/mol. The summed E-state index contributed by atoms with van der Waals surface area (Å²) >= 11 is 5.54. The number of ether oxygens (including phenoxy) is 1. The number of methoxy groups -OCH3 is 1. The molecule has 112 valence electrons. The summed E-state index contributed by atoms with van der Waals surface area (Å²) in [5, 5.41) is -0.413. The Morgan fingerprint density at radius 1 is 1.35 bits per heavy atom. The van der Waals surface area contributed by atoms with E-state index in [0.717, 1.165) is 12.1 Å². The van der Waals surface area contributed by atoms with Crippen molar-refractivity contribution < 1.29 is 22.7 Å². The summed E-state index contributed by atoms with van der Waals surface area (Å²) in [6.45, 7) is 3.01. The van der Waals surface area contributed by atoms with Crippen LogP contribution in [0.15, 0.2) is 18.2 Å². The summed E-state index contributed by atoms with van der Waals surface area (Å²) in [5.41, 5.74) is 3.92. The molecule has 0 unspecified atom stereocenters. The number of halogens is 4. The molecule has 0 fully saturated rings. The first-order chi connectivity index (χ1) is 9.01. The molecule has 20 heavy (non-hydrogen) atoms. The van der Waals surface area contributed by atoms with Crippen LogP contribution < -0.4 is 5.73 Å². The average molecular weight is 310 g/mol. The quantitative estimate of drug-likeness (QED) is 0.869. The van der Waals surface area contributed by atoms with Crippen molar-refractivity contribution in [2.24, 2.45) is 11.1 Å². The molecule has 0 aliphatic rings. The van der Waals surface area contributed by atoms with Crippen LogP contribution >= 0.6 is 11.6 Å². The molecule has 0 spiro atoms. The van der Waals surface area contributed by atoms with E-state index in [1.165, 1.54) is 27.0 Å². The number of alkyl halides is 3. The highest BCUT2D eigenvalue weighted by Gasteiger charge is 2.39. The first-order valence-corrected chi connectivity index (χ1v) is 6.10. The van der Waals surface area contributed by atoms with Gasteiger partial charge < -0.3 is 10.5 Å². The zero-order chi connectivity index (χ0) is 15.7. The third kappa shape index (κ3) is 3.24. The second-order valence-electron chi connectivity index (χ2n) is 4.93. The number of nitrogens with two attached hydrogens (primary N) is 1. The van der Waals surface area contributed by atoms with Crippen molar-refractivity contribution in [1.82, 2.24) is 0 Å². The molecule has 1 aromatic rings. The maximum absolute atomic E-state index is 12.8. The third-order valence-electron chi connectivity index (χ3n) is 3.14. The summed E-state index contributed by atoms with van der Waals surface area (Å²) in [6.07, 6.45) is -4.58. The summed E-state index contributed by atoms with van der Waals surface area (Å²) < 4.78 is 43.0. The first kappa shape index (κ1) is 16.8. The number of esters is 1. The van der Waals surface area contributed by atoms with Gasteiger partial charge in [0, 0.05) is 6.04 Å². The van der Waals surface area contributed by atoms with Crippen LogP contribution in [0, 0.1) is 5.41 Å². The lowest BCUT2D eigenvalue weighted by molar-refractivity contribution is -0.152. The Labute approximate surface area is 119 Å². The predicted octanol–water partition coefficient (Wildman–Crippen LogP) is 3.56. The topological polar surface area (TPSA) is 52.3 Å². The minimum atomic E-state index is -4.58. The molecule has 0 bridgehead atoms. The number of hydrogen-bond acceptors (Lipinski definition) is 3. The van der Waals surface area contributed by atoms with E-state index in [2.05, 4.69) is 4.74 Å². The van der Waals surface area contributed by atoms with E-state index in [1.807, 2.05) is 0 Å². The SMILES string of the molecule is COC(=O)C(C)(C)[C@@H](N)c1ccc(Cl)c(C(F)(F)F)c1. The molecule has 0 amide bonds. The van der Waals surface area contributed by atoms with Gasteiger partial charge in [-0.25, -0.2) is 0 Å². The van der Waals surface area contributed by atoms with Gasteiger partial charge in [0.25, 0.3) is 0 Å². The highest BCUT2D eigenvalue weighted by atomic mass is 35.5. The van der Waals surface area contributed by atoms with Crippen LogP contribution in [-0.4, -0.2) is 13.1 Å². The Balaban J connectivity index is 3.25. The van der Waals surface area contributed by atoms with Crippen molar-refractivity contribution in [3.63, 3.8) is 0 Å². The van der Waals surface area contributed by atoms with Gasteiger partial charge in [-0.05, 0) is 31.5 Å². The van der Waals surface area contributed by atoms with E-state index in [9.17, 15) is 18.0 Å². The Kier molecular flexibility index (Phi) is 4.71. The Hall–Kier alpha value is -1.27. The first-order valence-electron chi connectivity index (χ1n) is 5.72. The fourth-order valence-corrected chi connectivity index (χ4v) is 1.98. The van der Waals surface area contributed by atoms with Gasteiger partial charge in [-0.3, -0.25) is 4.79 Å². The minimum absolute atomic E-state index is 0.164. The molecule has 0 aliphatic carbocycles.